The van der Waals surface area contributed by atoms with E-state index in [9.17, 15) is 0 Å². The third-order valence-corrected chi connectivity index (χ3v) is 10.6. The lowest BCUT2D eigenvalue weighted by atomic mass is 10.3. The Labute approximate surface area is 634 Å². The maximum atomic E-state index is 3.98. The predicted molar refractivity (Wildman–Crippen MR) is 439 cm³/mol. The minimum Gasteiger partial charge on any atom is -0.341 e. The van der Waals surface area contributed by atoms with Gasteiger partial charge in [0.15, 0.2) is 0 Å². The summed E-state index contributed by atoms with van der Waals surface area (Å²) in [6.07, 6.45) is 43.0. The zero-order chi connectivity index (χ0) is 65.2. The first-order valence-electron chi connectivity index (χ1n) is 26.3. The SMILES string of the molecule is C.C.C.C.C.C.C.C.C.C.C.C.C.C.Cc1ccccn1.Cc1cccnc1.Cc1ccncn1.Cc1cncnc1.Cc1cncs1.Cc1cnns1.Cc1ncccn1.Cc1nccs1.Cn1cccn1.Cn1ccnc1.Cn1ccnn1.Cn1cncn1.Cn1cnnn1.Cn1nccn1. The fraction of sp³-hybridized carbons (Fsp3) is 0.394. The summed E-state index contributed by atoms with van der Waals surface area (Å²) in [6.45, 7) is 15.8. The number of tetrazole rings is 1. The predicted octanol–water partition coefficient (Wildman–Crippen LogP) is 17.3. The van der Waals surface area contributed by atoms with Crippen LogP contribution in [0.5, 0.6) is 0 Å². The molecule has 32 heteroatoms. The van der Waals surface area contributed by atoms with Crippen LogP contribution in [-0.4, -0.2) is 144 Å². The van der Waals surface area contributed by atoms with Crippen molar-refractivity contribution in [3.05, 3.63) is 258 Å². The maximum absolute atomic E-state index is 3.98. The Morgan fingerprint density at radius 1 is 0.340 bits per heavy atom. The van der Waals surface area contributed by atoms with Gasteiger partial charge in [-0.25, -0.2) is 44.6 Å². The summed E-state index contributed by atoms with van der Waals surface area (Å²) in [6, 6.07) is 15.4. The second-order valence-corrected chi connectivity index (χ2v) is 20.0. The van der Waals surface area contributed by atoms with Gasteiger partial charge in [-0.2, -0.15) is 25.2 Å². The van der Waals surface area contributed by atoms with Gasteiger partial charge >= 0.3 is 0 Å². The smallest absolute Gasteiger partial charge is 0.137 e. The molecule has 0 bridgehead atoms. The van der Waals surface area contributed by atoms with Crippen LogP contribution in [0, 0.1) is 55.4 Å². The van der Waals surface area contributed by atoms with E-state index in [4.69, 9.17) is 0 Å². The lowest BCUT2D eigenvalue weighted by Crippen LogP contribution is -1.89. The van der Waals surface area contributed by atoms with Crippen LogP contribution < -0.4 is 0 Å². The third-order valence-electron chi connectivity index (χ3n) is 8.65. The highest BCUT2D eigenvalue weighted by molar-refractivity contribution is 7.09. The molecule has 0 aliphatic heterocycles. The molecule has 0 fully saturated rings. The van der Waals surface area contributed by atoms with Crippen molar-refractivity contribution in [2.45, 2.75) is 159 Å². The van der Waals surface area contributed by atoms with E-state index in [0.29, 0.717) is 0 Å². The number of pyridine rings is 2. The van der Waals surface area contributed by atoms with Gasteiger partial charge in [-0.3, -0.25) is 34.0 Å². The molecule has 0 aromatic carbocycles. The first-order chi connectivity index (χ1) is 43.0. The quantitative estimate of drug-likeness (QED) is 0.136. The number of nitrogens with zero attached hydrogens (tertiary/aromatic N) is 29. The summed E-state index contributed by atoms with van der Waals surface area (Å²) in [5.74, 6) is 0.822. The van der Waals surface area contributed by atoms with Crippen molar-refractivity contribution in [2.75, 3.05) is 0 Å². The van der Waals surface area contributed by atoms with Gasteiger partial charge in [0.1, 0.15) is 37.5 Å². The minimum atomic E-state index is 0. The number of aromatic nitrogens is 29. The molecule has 0 saturated heterocycles. The second-order valence-electron chi connectivity index (χ2n) is 16.8. The Hall–Kier alpha value is -10.7. The van der Waals surface area contributed by atoms with Crippen molar-refractivity contribution in [2.24, 2.45) is 42.3 Å². The zero-order valence-electron chi connectivity index (χ0n) is 52.4. The van der Waals surface area contributed by atoms with E-state index >= 15 is 0 Å². The molecule has 0 radical (unpaired) electrons. The van der Waals surface area contributed by atoms with E-state index in [1.54, 1.807) is 162 Å². The minimum absolute atomic E-state index is 0. The van der Waals surface area contributed by atoms with E-state index in [-0.39, 0.29) is 104 Å². The van der Waals surface area contributed by atoms with E-state index in [2.05, 4.69) is 116 Å². The van der Waals surface area contributed by atoms with Crippen LogP contribution in [0.2, 0.25) is 0 Å². The van der Waals surface area contributed by atoms with Gasteiger partial charge in [0, 0.05) is 162 Å². The van der Waals surface area contributed by atoms with Gasteiger partial charge in [-0.05, 0) is 125 Å². The lowest BCUT2D eigenvalue weighted by Gasteiger charge is -1.82. The second kappa shape index (κ2) is 87.4. The molecule has 14 aromatic rings. The van der Waals surface area contributed by atoms with Gasteiger partial charge in [0.25, 0.3) is 0 Å². The highest BCUT2D eigenvalue weighted by Gasteiger charge is 1.82. The van der Waals surface area contributed by atoms with E-state index < -0.39 is 0 Å². The number of rotatable bonds is 0. The highest BCUT2D eigenvalue weighted by Crippen LogP contribution is 2.00. The Bertz CT molecular complexity index is 2830. The molecule has 0 spiro atoms. The molecule has 14 aromatic heterocycles. The van der Waals surface area contributed by atoms with Crippen LogP contribution in [0.15, 0.2) is 215 Å². The van der Waals surface area contributed by atoms with Gasteiger partial charge in [-0.15, -0.1) is 38.0 Å². The fourth-order valence-corrected chi connectivity index (χ4v) is 5.65. The average molecular weight is 1490 g/mol. The summed E-state index contributed by atoms with van der Waals surface area (Å²) in [4.78, 5) is 49.9. The normalized spacial score (nSPS) is 7.59. The lowest BCUT2D eigenvalue weighted by molar-refractivity contribution is 0.654. The van der Waals surface area contributed by atoms with Crippen LogP contribution in [-0.2, 0) is 42.3 Å². The number of hydrogen-bond donors (Lipinski definition) is 0. The number of hydrogen-bond acceptors (Lipinski definition) is 26. The first-order valence-corrected chi connectivity index (χ1v) is 28.8. The molecule has 0 aliphatic carbocycles. The number of aryl methyl sites for hydroxylation is 14. The van der Waals surface area contributed by atoms with Gasteiger partial charge in [-0.1, -0.05) is 126 Å². The van der Waals surface area contributed by atoms with E-state index in [1.807, 2.05) is 166 Å². The van der Waals surface area contributed by atoms with E-state index in [1.165, 1.54) is 56.8 Å². The standard InChI is InChI=1S/2C6H7N.3C5H6N2.2C4H6N2.2C4H5NS.3C3H5N3.C3H4N2S.C2H4N4.14CH4/c1-6-3-2-4-7-5-6;1-6-4-2-3-5-7-6;1-5-2-6-4-7-3-5;1-5-2-3-6-4-7-5;1-5-6-3-2-4-7-5;1-6-3-2-5-4-6;1-6-4-2-3-5-6;1-4-2-5-3-6-4;1-4-5-2-3-6-4;1-6-3-4-2-5-6;1-6-3-2-4-5-6;1-6-4-2-3-5-6;1-3-2-4-5-6-3;1-6-2-3-4-5-6;;;;;;;;;;;;;;/h2*2-5H,1H3;3*2-4H,1H3;2*2-4H,1H3;5*2-3H,1H3;2*2H,1H3;14*1H4. The summed E-state index contributed by atoms with van der Waals surface area (Å²) in [5.41, 5.74) is 6.22. The number of thiazole rings is 2. The van der Waals surface area contributed by atoms with E-state index in [0.717, 1.165) is 32.7 Å². The molecule has 0 unspecified atom stereocenters. The summed E-state index contributed by atoms with van der Waals surface area (Å²) < 4.78 is 12.1. The molecule has 0 N–H and O–H groups in total. The fourth-order valence-electron chi connectivity index (χ4n) is 4.49. The average Bonchev–Trinajstić information content (AvgIpc) is 3.19. The summed E-state index contributed by atoms with van der Waals surface area (Å²) >= 11 is 4.75. The molecule has 0 aliphatic rings. The Morgan fingerprint density at radius 2 is 0.981 bits per heavy atom. The summed E-state index contributed by atoms with van der Waals surface area (Å²) in [7, 11) is 11.0. The van der Waals surface area contributed by atoms with Crippen molar-refractivity contribution in [1.82, 2.24) is 144 Å². The van der Waals surface area contributed by atoms with Crippen LogP contribution >= 0.6 is 34.2 Å². The van der Waals surface area contributed by atoms with Crippen LogP contribution in [0.3, 0.4) is 0 Å². The van der Waals surface area contributed by atoms with Gasteiger partial charge in [0.2, 0.25) is 0 Å². The Balaban J connectivity index is -0.0000000683. The Kier molecular flexibility index (Phi) is 106. The number of imidazole rings is 1. The molecule has 14 rings (SSSR count). The van der Waals surface area contributed by atoms with Crippen molar-refractivity contribution in [3.63, 3.8) is 0 Å². The molecule has 0 amide bonds. The maximum Gasteiger partial charge on any atom is 0.137 e. The molecule has 0 atom stereocenters. The Morgan fingerprint density at radius 3 is 1.17 bits per heavy atom. The van der Waals surface area contributed by atoms with Gasteiger partial charge < -0.3 is 4.57 Å². The monoisotopic (exact) mass is 1490 g/mol. The molecule has 14 heterocycles. The third kappa shape index (κ3) is 85.4. The van der Waals surface area contributed by atoms with Crippen molar-refractivity contribution in [3.8, 4) is 0 Å². The topological polar surface area (TPSA) is 326 Å². The summed E-state index contributed by atoms with van der Waals surface area (Å²) in [5, 5.41) is 39.0. The van der Waals surface area contributed by atoms with Crippen LogP contribution in [0.4, 0.5) is 0 Å². The molecular weight excluding hydrogens is 1360 g/mol. The molecule has 29 nitrogen and oxygen atoms in total. The largest absolute Gasteiger partial charge is 0.341 e. The van der Waals surface area contributed by atoms with Gasteiger partial charge in [0.05, 0.1) is 41.6 Å². The van der Waals surface area contributed by atoms with Crippen LogP contribution in [0.25, 0.3) is 0 Å². The van der Waals surface area contributed by atoms with Crippen LogP contribution in [0.1, 0.15) is 147 Å². The molecule has 0 saturated carbocycles. The highest BCUT2D eigenvalue weighted by atomic mass is 32.1. The molecule has 103 heavy (non-hydrogen) atoms. The van der Waals surface area contributed by atoms with Crippen molar-refractivity contribution >= 4 is 34.2 Å². The molecular formula is C71H133N29S3. The first kappa shape index (κ1) is 125. The zero-order valence-corrected chi connectivity index (χ0v) is 54.9. The molecule has 580 valence electrons. The van der Waals surface area contributed by atoms with Crippen molar-refractivity contribution in [1.29, 1.82) is 0 Å². The van der Waals surface area contributed by atoms with Crippen molar-refractivity contribution < 1.29 is 0 Å².